The van der Waals surface area contributed by atoms with Crippen molar-refractivity contribution >= 4 is 30.2 Å². The predicted molar refractivity (Wildman–Crippen MR) is 130 cm³/mol. The summed E-state index contributed by atoms with van der Waals surface area (Å²) < 4.78 is 44.3. The zero-order chi connectivity index (χ0) is 23.8. The molecule has 172 valence electrons. The summed E-state index contributed by atoms with van der Waals surface area (Å²) in [7, 11) is 0. The summed E-state index contributed by atoms with van der Waals surface area (Å²) in [4.78, 5) is 0. The molecule has 1 saturated heterocycles. The Kier molecular flexibility index (Phi) is 8.75. The van der Waals surface area contributed by atoms with Gasteiger partial charge >= 0.3 is 0 Å². The molecule has 0 radical (unpaired) electrons. The molecule has 0 aliphatic carbocycles. The number of anilines is 1. The maximum absolute atomic E-state index is 15.0. The van der Waals surface area contributed by atoms with Gasteiger partial charge in [0.25, 0.3) is 13.1 Å². The highest BCUT2D eigenvalue weighted by molar-refractivity contribution is 7.98. The molecular formula is C23H25BF3N5S. The molecule has 0 bridgehead atoms. The monoisotopic (exact) mass is 471 g/mol. The molecule has 1 fully saturated rings. The summed E-state index contributed by atoms with van der Waals surface area (Å²) in [6.07, 6.45) is -1.09. The highest BCUT2D eigenvalue weighted by atomic mass is 32.2. The van der Waals surface area contributed by atoms with Gasteiger partial charge in [-0.15, -0.1) is 0 Å². The Morgan fingerprint density at radius 3 is 2.45 bits per heavy atom. The smallest absolute Gasteiger partial charge is 0.279 e. The first-order chi connectivity index (χ1) is 15.9. The zero-order valence-corrected chi connectivity index (χ0v) is 18.9. The van der Waals surface area contributed by atoms with E-state index in [1.165, 1.54) is 18.2 Å². The first-order valence-electron chi connectivity index (χ1n) is 10.5. The van der Waals surface area contributed by atoms with Crippen molar-refractivity contribution < 1.29 is 13.2 Å². The van der Waals surface area contributed by atoms with Crippen LogP contribution in [0.15, 0.2) is 67.4 Å². The summed E-state index contributed by atoms with van der Waals surface area (Å²) >= 11 is 1.53. The molecular weight excluding hydrogens is 446 g/mol. The fourth-order valence-corrected chi connectivity index (χ4v) is 4.33. The summed E-state index contributed by atoms with van der Waals surface area (Å²) in [5.41, 5.74) is 6.40. The van der Waals surface area contributed by atoms with E-state index in [1.54, 1.807) is 12.1 Å². The van der Waals surface area contributed by atoms with E-state index in [1.807, 2.05) is 34.6 Å². The lowest BCUT2D eigenvalue weighted by molar-refractivity contribution is 0.179. The lowest BCUT2D eigenvalue weighted by atomic mass is 9.45. The van der Waals surface area contributed by atoms with Gasteiger partial charge in [-0.05, 0) is 30.8 Å². The number of nitrogens with zero attached hydrogens (tertiary/aromatic N) is 3. The molecule has 5 nitrogen and oxygen atoms in total. The number of nitriles is 1. The second kappa shape index (κ2) is 11.7. The molecule has 0 amide bonds. The van der Waals surface area contributed by atoms with Crippen LogP contribution in [0, 0.1) is 17.0 Å². The van der Waals surface area contributed by atoms with E-state index in [2.05, 4.69) is 34.3 Å². The van der Waals surface area contributed by atoms with E-state index in [0.717, 1.165) is 31.4 Å². The Bertz CT molecular complexity index is 1010. The molecule has 0 saturated carbocycles. The number of para-hydroxylation sites is 1. The molecule has 3 rings (SSSR count). The Hall–Kier alpha value is -3.03. The number of rotatable bonds is 10. The van der Waals surface area contributed by atoms with Crippen LogP contribution in [0.25, 0.3) is 5.70 Å². The van der Waals surface area contributed by atoms with E-state index >= 15 is 0 Å². The van der Waals surface area contributed by atoms with Gasteiger partial charge in [0.1, 0.15) is 5.82 Å². The van der Waals surface area contributed by atoms with Crippen molar-refractivity contribution in [2.75, 3.05) is 17.4 Å². The van der Waals surface area contributed by atoms with E-state index in [-0.39, 0.29) is 12.4 Å². The normalized spacial score (nSPS) is 14.0. The largest absolute Gasteiger partial charge is 0.301 e. The van der Waals surface area contributed by atoms with Gasteiger partial charge in [0.15, 0.2) is 0 Å². The Balaban J connectivity index is 1.70. The number of alkyl halides is 2. The first kappa shape index (κ1) is 24.6. The fraction of sp³-hybridized carbons (Fsp3) is 0.261. The molecule has 10 heteroatoms. The number of nitrogens with one attached hydrogen (secondary N) is 2. The maximum atomic E-state index is 15.0. The number of hydrogen-bond acceptors (Lipinski definition) is 6. The number of hydrazine groups is 1. The molecule has 0 aromatic heterocycles. The average molecular weight is 471 g/mol. The topological polar surface area (TPSA) is 54.3 Å². The van der Waals surface area contributed by atoms with Gasteiger partial charge in [0.05, 0.1) is 17.9 Å². The minimum absolute atomic E-state index is 0.0890. The predicted octanol–water partition coefficient (Wildman–Crippen LogP) is 5.11. The van der Waals surface area contributed by atoms with Crippen LogP contribution in [-0.2, 0) is 6.54 Å². The summed E-state index contributed by atoms with van der Waals surface area (Å²) in [6, 6.07) is 14.4. The lowest BCUT2D eigenvalue weighted by Gasteiger charge is -2.33. The van der Waals surface area contributed by atoms with E-state index in [0.29, 0.717) is 17.7 Å². The minimum atomic E-state index is -2.73. The van der Waals surface area contributed by atoms with Crippen molar-refractivity contribution in [2.45, 2.75) is 25.6 Å². The van der Waals surface area contributed by atoms with Crippen molar-refractivity contribution in [3.05, 3.63) is 84.3 Å². The van der Waals surface area contributed by atoms with Crippen LogP contribution in [0.3, 0.4) is 0 Å². The first-order valence-corrected chi connectivity index (χ1v) is 11.2. The number of hydrogen-bond donors (Lipinski definition) is 2. The van der Waals surface area contributed by atoms with Gasteiger partial charge in [-0.25, -0.2) is 22.7 Å². The van der Waals surface area contributed by atoms with Crippen LogP contribution in [0.5, 0.6) is 0 Å². The van der Waals surface area contributed by atoms with E-state index in [4.69, 9.17) is 5.26 Å². The van der Waals surface area contributed by atoms with Crippen molar-refractivity contribution in [3.8, 4) is 5.97 Å². The molecule has 0 spiro atoms. The standard InChI is InChI=1S/C23H25BF3N5S/c1-17(29-30-18(2)23(26)27)19-8-9-20(22(25)14-19)15-32(21-6-4-3-5-7-21)33-31-12-10-24(16-28)11-13-31/h3-9,14,23,29-30H,1-2,10-13,15H2. The van der Waals surface area contributed by atoms with Crippen LogP contribution in [-0.4, -0.2) is 30.5 Å². The summed E-state index contributed by atoms with van der Waals surface area (Å²) in [5, 5.41) is 9.13. The summed E-state index contributed by atoms with van der Waals surface area (Å²) in [5.74, 6) is 1.91. The third-order valence-electron chi connectivity index (χ3n) is 5.25. The van der Waals surface area contributed by atoms with Gasteiger partial charge in [0.2, 0.25) is 0 Å². The highest BCUT2D eigenvalue weighted by Gasteiger charge is 2.25. The molecule has 1 aliphatic heterocycles. The summed E-state index contributed by atoms with van der Waals surface area (Å²) in [6.45, 7) is 8.94. The second-order valence-corrected chi connectivity index (χ2v) is 8.77. The van der Waals surface area contributed by atoms with Crippen LogP contribution < -0.4 is 15.2 Å². The van der Waals surface area contributed by atoms with Crippen LogP contribution >= 0.6 is 12.1 Å². The van der Waals surface area contributed by atoms with Gasteiger partial charge in [-0.3, -0.25) is 9.73 Å². The lowest BCUT2D eigenvalue weighted by Crippen LogP contribution is -2.35. The molecule has 2 N–H and O–H groups in total. The van der Waals surface area contributed by atoms with Crippen LogP contribution in [0.2, 0.25) is 12.6 Å². The Morgan fingerprint density at radius 1 is 1.15 bits per heavy atom. The van der Waals surface area contributed by atoms with Crippen LogP contribution in [0.1, 0.15) is 11.1 Å². The highest BCUT2D eigenvalue weighted by Crippen LogP contribution is 2.30. The molecule has 0 unspecified atom stereocenters. The molecule has 33 heavy (non-hydrogen) atoms. The average Bonchev–Trinajstić information content (AvgIpc) is 2.83. The van der Waals surface area contributed by atoms with Crippen molar-refractivity contribution in [3.63, 3.8) is 0 Å². The van der Waals surface area contributed by atoms with Gasteiger partial charge in [0, 0.05) is 48.0 Å². The maximum Gasteiger partial charge on any atom is 0.279 e. The van der Waals surface area contributed by atoms with E-state index < -0.39 is 17.9 Å². The van der Waals surface area contributed by atoms with Gasteiger partial charge in [-0.1, -0.05) is 43.5 Å². The number of benzene rings is 2. The van der Waals surface area contributed by atoms with E-state index in [9.17, 15) is 13.2 Å². The third kappa shape index (κ3) is 6.98. The Labute approximate surface area is 197 Å². The SMILES string of the molecule is C=C(NNC(=C)C(F)F)c1ccc(CN(SN2CCB(C#N)CC2)c2ccccc2)c(F)c1. The van der Waals surface area contributed by atoms with Gasteiger partial charge < -0.3 is 5.43 Å². The quantitative estimate of drug-likeness (QED) is 0.285. The molecule has 1 aliphatic rings. The molecule has 1 heterocycles. The second-order valence-electron chi connectivity index (χ2n) is 7.65. The fourth-order valence-electron chi connectivity index (χ4n) is 3.27. The van der Waals surface area contributed by atoms with Crippen molar-refractivity contribution in [2.24, 2.45) is 0 Å². The van der Waals surface area contributed by atoms with Crippen LogP contribution in [0.4, 0.5) is 18.9 Å². The van der Waals surface area contributed by atoms with Crippen molar-refractivity contribution in [1.82, 2.24) is 15.2 Å². The van der Waals surface area contributed by atoms with Crippen molar-refractivity contribution in [1.29, 1.82) is 5.26 Å². The minimum Gasteiger partial charge on any atom is -0.301 e. The van der Waals surface area contributed by atoms with Gasteiger partial charge in [-0.2, -0.15) is 0 Å². The number of halogens is 3. The molecule has 0 atom stereocenters. The molecule has 2 aromatic carbocycles. The molecule has 2 aromatic rings. The number of allylic oxidation sites excluding steroid dienone is 1. The zero-order valence-electron chi connectivity index (χ0n) is 18.1. The Morgan fingerprint density at radius 2 is 1.85 bits per heavy atom. The third-order valence-corrected chi connectivity index (χ3v) is 6.38.